The molecule has 0 spiro atoms. The average molecular weight is 191 g/mol. The van der Waals surface area contributed by atoms with E-state index in [9.17, 15) is 0 Å². The van der Waals surface area contributed by atoms with Gasteiger partial charge in [-0.3, -0.25) is 0 Å². The number of anilines is 1. The van der Waals surface area contributed by atoms with Crippen LogP contribution in [0, 0.1) is 0 Å². The van der Waals surface area contributed by atoms with E-state index in [1.54, 1.807) is 0 Å². The molecule has 0 saturated carbocycles. The van der Waals surface area contributed by atoms with E-state index in [0.717, 1.165) is 6.54 Å². The molecular weight excluding hydrogens is 170 g/mol. The lowest BCUT2D eigenvalue weighted by atomic mass is 10.0. The van der Waals surface area contributed by atoms with E-state index in [1.807, 2.05) is 0 Å². The standard InChI is InChI=1S/C13H21N/c1-4-5-10-14-13-8-6-12(7-9-13)11(2)3/h6-9,11,14H,4-5,10H2,1-3H3. The van der Waals surface area contributed by atoms with Gasteiger partial charge in [0.15, 0.2) is 0 Å². The summed E-state index contributed by atoms with van der Waals surface area (Å²) in [6, 6.07) is 8.76. The molecule has 0 aliphatic carbocycles. The summed E-state index contributed by atoms with van der Waals surface area (Å²) in [4.78, 5) is 0. The van der Waals surface area contributed by atoms with Crippen LogP contribution in [-0.4, -0.2) is 6.54 Å². The van der Waals surface area contributed by atoms with Crippen molar-refractivity contribution in [2.24, 2.45) is 0 Å². The quantitative estimate of drug-likeness (QED) is 0.693. The summed E-state index contributed by atoms with van der Waals surface area (Å²) in [5.74, 6) is 0.625. The molecule has 78 valence electrons. The fourth-order valence-corrected chi connectivity index (χ4v) is 1.40. The molecule has 1 N–H and O–H groups in total. The van der Waals surface area contributed by atoms with Crippen LogP contribution < -0.4 is 5.32 Å². The van der Waals surface area contributed by atoms with Crippen LogP contribution in [0.5, 0.6) is 0 Å². The van der Waals surface area contributed by atoms with Gasteiger partial charge in [0.2, 0.25) is 0 Å². The third-order valence-electron chi connectivity index (χ3n) is 2.44. The van der Waals surface area contributed by atoms with E-state index < -0.39 is 0 Å². The predicted octanol–water partition coefficient (Wildman–Crippen LogP) is 4.02. The highest BCUT2D eigenvalue weighted by Crippen LogP contribution is 2.16. The molecule has 0 saturated heterocycles. The first kappa shape index (κ1) is 11.1. The normalized spacial score (nSPS) is 10.6. The summed E-state index contributed by atoms with van der Waals surface area (Å²) < 4.78 is 0. The van der Waals surface area contributed by atoms with Crippen LogP contribution in [0.4, 0.5) is 5.69 Å². The van der Waals surface area contributed by atoms with E-state index in [2.05, 4.69) is 50.4 Å². The lowest BCUT2D eigenvalue weighted by Crippen LogP contribution is -2.00. The summed E-state index contributed by atoms with van der Waals surface area (Å²) >= 11 is 0. The zero-order chi connectivity index (χ0) is 10.4. The van der Waals surface area contributed by atoms with Crippen molar-refractivity contribution >= 4 is 5.69 Å². The van der Waals surface area contributed by atoms with Gasteiger partial charge in [0.25, 0.3) is 0 Å². The van der Waals surface area contributed by atoms with Gasteiger partial charge in [-0.25, -0.2) is 0 Å². The average Bonchev–Trinajstić information content (AvgIpc) is 2.19. The Morgan fingerprint density at radius 1 is 1.14 bits per heavy atom. The van der Waals surface area contributed by atoms with Gasteiger partial charge in [-0.2, -0.15) is 0 Å². The second-order valence-corrected chi connectivity index (χ2v) is 4.06. The smallest absolute Gasteiger partial charge is 0.0340 e. The number of unbranched alkanes of at least 4 members (excludes halogenated alkanes) is 1. The van der Waals surface area contributed by atoms with Gasteiger partial charge < -0.3 is 5.32 Å². The zero-order valence-corrected chi connectivity index (χ0v) is 9.51. The van der Waals surface area contributed by atoms with Crippen molar-refractivity contribution in [1.29, 1.82) is 0 Å². The summed E-state index contributed by atoms with van der Waals surface area (Å²) in [6.07, 6.45) is 2.49. The SMILES string of the molecule is CCCCNc1ccc(C(C)C)cc1. The molecule has 0 aliphatic heterocycles. The topological polar surface area (TPSA) is 12.0 Å². The second-order valence-electron chi connectivity index (χ2n) is 4.06. The van der Waals surface area contributed by atoms with Gasteiger partial charge in [0.1, 0.15) is 0 Å². The molecule has 1 aromatic carbocycles. The van der Waals surface area contributed by atoms with Crippen molar-refractivity contribution in [2.75, 3.05) is 11.9 Å². The molecule has 0 amide bonds. The molecule has 0 atom stereocenters. The van der Waals surface area contributed by atoms with Gasteiger partial charge in [0, 0.05) is 12.2 Å². The highest BCUT2D eigenvalue weighted by molar-refractivity contribution is 5.44. The first-order chi connectivity index (χ1) is 6.74. The third kappa shape index (κ3) is 3.41. The van der Waals surface area contributed by atoms with E-state index in [4.69, 9.17) is 0 Å². The fraction of sp³-hybridized carbons (Fsp3) is 0.538. The van der Waals surface area contributed by atoms with E-state index in [1.165, 1.54) is 24.1 Å². The molecule has 1 rings (SSSR count). The Labute approximate surface area is 87.5 Å². The maximum absolute atomic E-state index is 3.41. The van der Waals surface area contributed by atoms with Gasteiger partial charge in [0.05, 0.1) is 0 Å². The van der Waals surface area contributed by atoms with Crippen LogP contribution in [0.2, 0.25) is 0 Å². The van der Waals surface area contributed by atoms with Crippen molar-refractivity contribution < 1.29 is 0 Å². The fourth-order valence-electron chi connectivity index (χ4n) is 1.40. The highest BCUT2D eigenvalue weighted by Gasteiger charge is 1.97. The van der Waals surface area contributed by atoms with Crippen LogP contribution in [0.3, 0.4) is 0 Å². The van der Waals surface area contributed by atoms with Crippen molar-refractivity contribution in [3.05, 3.63) is 29.8 Å². The predicted molar refractivity (Wildman–Crippen MR) is 63.9 cm³/mol. The highest BCUT2D eigenvalue weighted by atomic mass is 14.9. The van der Waals surface area contributed by atoms with Crippen LogP contribution in [-0.2, 0) is 0 Å². The molecule has 0 unspecified atom stereocenters. The number of rotatable bonds is 5. The maximum atomic E-state index is 3.41. The first-order valence-corrected chi connectivity index (χ1v) is 5.58. The van der Waals surface area contributed by atoms with Crippen LogP contribution in [0.25, 0.3) is 0 Å². The van der Waals surface area contributed by atoms with Gasteiger partial charge >= 0.3 is 0 Å². The molecule has 0 aliphatic rings. The Morgan fingerprint density at radius 3 is 2.29 bits per heavy atom. The Bertz CT molecular complexity index is 248. The molecule has 1 aromatic rings. The van der Waals surface area contributed by atoms with E-state index in [0.29, 0.717) is 5.92 Å². The lowest BCUT2D eigenvalue weighted by molar-refractivity contribution is 0.833. The summed E-state index contributed by atoms with van der Waals surface area (Å²) in [7, 11) is 0. The molecular formula is C13H21N. The van der Waals surface area contributed by atoms with Crippen LogP contribution in [0.15, 0.2) is 24.3 Å². The Balaban J connectivity index is 2.47. The van der Waals surface area contributed by atoms with E-state index >= 15 is 0 Å². The second kappa shape index (κ2) is 5.69. The molecule has 0 aromatic heterocycles. The molecule has 0 heterocycles. The minimum Gasteiger partial charge on any atom is -0.385 e. The molecule has 0 bridgehead atoms. The molecule has 0 radical (unpaired) electrons. The van der Waals surface area contributed by atoms with Crippen molar-refractivity contribution in [3.8, 4) is 0 Å². The molecule has 0 fully saturated rings. The minimum absolute atomic E-state index is 0.625. The van der Waals surface area contributed by atoms with Crippen LogP contribution >= 0.6 is 0 Å². The molecule has 1 nitrogen and oxygen atoms in total. The minimum atomic E-state index is 0.625. The van der Waals surface area contributed by atoms with Gasteiger partial charge in [-0.1, -0.05) is 39.3 Å². The summed E-state index contributed by atoms with van der Waals surface area (Å²) in [6.45, 7) is 7.74. The van der Waals surface area contributed by atoms with Gasteiger partial charge in [-0.15, -0.1) is 0 Å². The monoisotopic (exact) mass is 191 g/mol. The Morgan fingerprint density at radius 2 is 1.79 bits per heavy atom. The molecule has 14 heavy (non-hydrogen) atoms. The summed E-state index contributed by atoms with van der Waals surface area (Å²) in [5, 5.41) is 3.41. The number of hydrogen-bond donors (Lipinski definition) is 1. The largest absolute Gasteiger partial charge is 0.385 e. The van der Waals surface area contributed by atoms with Crippen molar-refractivity contribution in [1.82, 2.24) is 0 Å². The van der Waals surface area contributed by atoms with Crippen molar-refractivity contribution in [3.63, 3.8) is 0 Å². The maximum Gasteiger partial charge on any atom is 0.0340 e. The number of hydrogen-bond acceptors (Lipinski definition) is 1. The van der Waals surface area contributed by atoms with E-state index in [-0.39, 0.29) is 0 Å². The number of benzene rings is 1. The molecule has 1 heteroatoms. The summed E-state index contributed by atoms with van der Waals surface area (Å²) in [5.41, 5.74) is 2.65. The number of nitrogens with one attached hydrogen (secondary N) is 1. The van der Waals surface area contributed by atoms with Gasteiger partial charge in [-0.05, 0) is 30.0 Å². The zero-order valence-electron chi connectivity index (χ0n) is 9.51. The Hall–Kier alpha value is -0.980. The third-order valence-corrected chi connectivity index (χ3v) is 2.44. The lowest BCUT2D eigenvalue weighted by Gasteiger charge is -2.08. The van der Waals surface area contributed by atoms with Crippen LogP contribution in [0.1, 0.15) is 45.1 Å². The van der Waals surface area contributed by atoms with Crippen molar-refractivity contribution in [2.45, 2.75) is 39.5 Å². The first-order valence-electron chi connectivity index (χ1n) is 5.58. The Kier molecular flexibility index (Phi) is 4.51.